The Labute approximate surface area is 131 Å². The molecule has 1 aliphatic rings. The highest BCUT2D eigenvalue weighted by Gasteiger charge is 2.34. The molecule has 0 spiro atoms. The van der Waals surface area contributed by atoms with Crippen molar-refractivity contribution in [1.82, 2.24) is 14.9 Å². The van der Waals surface area contributed by atoms with Gasteiger partial charge in [-0.05, 0) is 27.2 Å². The van der Waals surface area contributed by atoms with E-state index in [2.05, 4.69) is 9.97 Å². The summed E-state index contributed by atoms with van der Waals surface area (Å²) >= 11 is 5.71. The first-order valence-corrected chi connectivity index (χ1v) is 8.21. The zero-order chi connectivity index (χ0) is 15.6. The van der Waals surface area contributed by atoms with Crippen LogP contribution in [0, 0.1) is 0 Å². The van der Waals surface area contributed by atoms with Crippen LogP contribution in [-0.2, 0) is 15.5 Å². The van der Waals surface area contributed by atoms with Gasteiger partial charge in [-0.15, -0.1) is 0 Å². The van der Waals surface area contributed by atoms with Crippen molar-refractivity contribution in [2.75, 3.05) is 13.1 Å². The van der Waals surface area contributed by atoms with E-state index in [1.807, 2.05) is 20.8 Å². The Hall–Kier alpha value is -1.21. The van der Waals surface area contributed by atoms with Gasteiger partial charge in [0.1, 0.15) is 5.60 Å². The first kappa shape index (κ1) is 16.2. The van der Waals surface area contributed by atoms with Gasteiger partial charge >= 0.3 is 6.09 Å². The van der Waals surface area contributed by atoms with Crippen LogP contribution in [-0.4, -0.2) is 49.1 Å². The number of carbonyl (C=O) groups is 1. The summed E-state index contributed by atoms with van der Waals surface area (Å²) in [5.74, 6) is 0. The van der Waals surface area contributed by atoms with E-state index >= 15 is 0 Å². The molecule has 0 radical (unpaired) electrons. The quantitative estimate of drug-likeness (QED) is 0.777. The third-order valence-electron chi connectivity index (χ3n) is 2.88. The molecule has 1 saturated heterocycles. The Balaban J connectivity index is 1.97. The van der Waals surface area contributed by atoms with Gasteiger partial charge in [0, 0.05) is 13.1 Å². The Bertz CT molecular complexity index is 545. The van der Waals surface area contributed by atoms with E-state index in [0.29, 0.717) is 24.5 Å². The average Bonchev–Trinajstić information content (AvgIpc) is 2.86. The van der Waals surface area contributed by atoms with E-state index in [4.69, 9.17) is 16.3 Å². The summed E-state index contributed by atoms with van der Waals surface area (Å²) in [6.07, 6.45) is 3.10. The molecule has 0 aliphatic carbocycles. The lowest BCUT2D eigenvalue weighted by atomic mass is 10.2. The van der Waals surface area contributed by atoms with Crippen LogP contribution < -0.4 is 0 Å². The van der Waals surface area contributed by atoms with Crippen LogP contribution in [0.3, 0.4) is 0 Å². The SMILES string of the molecule is CC(C)(C)OC(=O)N1CC[C@H](S(=O)c2ncc(Cl)cn2)C1. The number of ether oxygens (including phenoxy) is 1. The molecule has 0 N–H and O–H groups in total. The molecule has 1 aliphatic heterocycles. The van der Waals surface area contributed by atoms with Gasteiger partial charge in [-0.1, -0.05) is 11.6 Å². The molecule has 2 rings (SSSR count). The first-order chi connectivity index (χ1) is 9.76. The number of carbonyl (C=O) groups excluding carboxylic acids is 1. The van der Waals surface area contributed by atoms with Gasteiger partial charge in [-0.25, -0.2) is 14.8 Å². The molecule has 1 unspecified atom stereocenters. The van der Waals surface area contributed by atoms with Gasteiger partial charge < -0.3 is 9.64 Å². The number of halogens is 1. The largest absolute Gasteiger partial charge is 0.444 e. The molecular formula is C13H18ClN3O3S. The van der Waals surface area contributed by atoms with Crippen LogP contribution in [0.4, 0.5) is 4.79 Å². The van der Waals surface area contributed by atoms with Crippen molar-refractivity contribution in [3.63, 3.8) is 0 Å². The lowest BCUT2D eigenvalue weighted by Gasteiger charge is -2.24. The molecule has 0 saturated carbocycles. The van der Waals surface area contributed by atoms with Crippen molar-refractivity contribution >= 4 is 28.5 Å². The summed E-state index contributed by atoms with van der Waals surface area (Å²) in [4.78, 5) is 21.5. The number of nitrogens with zero attached hydrogens (tertiary/aromatic N) is 3. The highest BCUT2D eigenvalue weighted by molar-refractivity contribution is 7.85. The second kappa shape index (κ2) is 6.27. The molecule has 1 aromatic heterocycles. The first-order valence-electron chi connectivity index (χ1n) is 6.62. The Morgan fingerprint density at radius 3 is 2.62 bits per heavy atom. The van der Waals surface area contributed by atoms with Crippen molar-refractivity contribution in [3.05, 3.63) is 17.4 Å². The van der Waals surface area contributed by atoms with Crippen molar-refractivity contribution < 1.29 is 13.7 Å². The zero-order valence-electron chi connectivity index (χ0n) is 12.2. The number of hydrogen-bond acceptors (Lipinski definition) is 5. The minimum absolute atomic E-state index is 0.182. The molecule has 1 fully saturated rings. The van der Waals surface area contributed by atoms with Gasteiger partial charge in [-0.3, -0.25) is 4.21 Å². The van der Waals surface area contributed by atoms with E-state index < -0.39 is 16.4 Å². The predicted molar refractivity (Wildman–Crippen MR) is 79.7 cm³/mol. The lowest BCUT2D eigenvalue weighted by molar-refractivity contribution is 0.0295. The van der Waals surface area contributed by atoms with E-state index in [1.165, 1.54) is 12.4 Å². The van der Waals surface area contributed by atoms with E-state index in [-0.39, 0.29) is 16.5 Å². The van der Waals surface area contributed by atoms with Crippen LogP contribution in [0.2, 0.25) is 5.02 Å². The van der Waals surface area contributed by atoms with Crippen molar-refractivity contribution in [1.29, 1.82) is 0 Å². The predicted octanol–water partition coefficient (Wildman–Crippen LogP) is 2.25. The highest BCUT2D eigenvalue weighted by Crippen LogP contribution is 2.21. The fourth-order valence-electron chi connectivity index (χ4n) is 1.95. The number of likely N-dealkylation sites (tertiary alicyclic amines) is 1. The standard InChI is InChI=1S/C13H18ClN3O3S/c1-13(2,3)20-12(18)17-5-4-10(8-17)21(19)11-15-6-9(14)7-16-11/h6-7,10H,4-5,8H2,1-3H3/t10-,21?/m0/s1. The molecule has 0 bridgehead atoms. The minimum Gasteiger partial charge on any atom is -0.444 e. The highest BCUT2D eigenvalue weighted by atomic mass is 35.5. The van der Waals surface area contributed by atoms with Crippen LogP contribution in [0.1, 0.15) is 27.2 Å². The molecule has 1 aromatic rings. The smallest absolute Gasteiger partial charge is 0.410 e. The molecule has 2 atom stereocenters. The van der Waals surface area contributed by atoms with Gasteiger partial charge in [0.05, 0.1) is 33.5 Å². The summed E-state index contributed by atoms with van der Waals surface area (Å²) in [6.45, 7) is 6.36. The topological polar surface area (TPSA) is 72.4 Å². The van der Waals surface area contributed by atoms with Gasteiger partial charge in [0.15, 0.2) is 0 Å². The normalized spacial score (nSPS) is 20.4. The van der Waals surface area contributed by atoms with Gasteiger partial charge in [-0.2, -0.15) is 0 Å². The van der Waals surface area contributed by atoms with E-state index in [0.717, 1.165) is 0 Å². The monoisotopic (exact) mass is 331 g/mol. The van der Waals surface area contributed by atoms with Crippen molar-refractivity contribution in [2.24, 2.45) is 0 Å². The molecule has 2 heterocycles. The summed E-state index contributed by atoms with van der Waals surface area (Å²) in [7, 11) is -1.36. The molecule has 1 amide bonds. The van der Waals surface area contributed by atoms with E-state index in [9.17, 15) is 9.00 Å². The summed E-state index contributed by atoms with van der Waals surface area (Å²) < 4.78 is 17.7. The van der Waals surface area contributed by atoms with Crippen molar-refractivity contribution in [2.45, 2.75) is 43.2 Å². The fourth-order valence-corrected chi connectivity index (χ4v) is 3.29. The van der Waals surface area contributed by atoms with Gasteiger partial charge in [0.25, 0.3) is 0 Å². The van der Waals surface area contributed by atoms with Crippen LogP contribution >= 0.6 is 11.6 Å². The van der Waals surface area contributed by atoms with Crippen LogP contribution in [0.15, 0.2) is 17.6 Å². The van der Waals surface area contributed by atoms with Crippen LogP contribution in [0.25, 0.3) is 0 Å². The molecule has 6 nitrogen and oxygen atoms in total. The summed E-state index contributed by atoms with van der Waals surface area (Å²) in [5, 5.41) is 0.465. The van der Waals surface area contributed by atoms with Gasteiger partial charge in [0.2, 0.25) is 5.16 Å². The summed E-state index contributed by atoms with van der Waals surface area (Å²) in [6, 6.07) is 0. The molecule has 21 heavy (non-hydrogen) atoms. The average molecular weight is 332 g/mol. The Morgan fingerprint density at radius 2 is 2.05 bits per heavy atom. The lowest BCUT2D eigenvalue weighted by Crippen LogP contribution is -2.36. The second-order valence-electron chi connectivity index (χ2n) is 5.82. The number of hydrogen-bond donors (Lipinski definition) is 0. The molecule has 0 aromatic carbocycles. The number of rotatable bonds is 2. The maximum absolute atomic E-state index is 12.4. The number of amides is 1. The third-order valence-corrected chi connectivity index (χ3v) is 4.63. The van der Waals surface area contributed by atoms with E-state index in [1.54, 1.807) is 4.90 Å². The zero-order valence-corrected chi connectivity index (χ0v) is 13.8. The number of aromatic nitrogens is 2. The molecule has 116 valence electrons. The summed E-state index contributed by atoms with van der Waals surface area (Å²) in [5.41, 5.74) is -0.534. The molecule has 8 heteroatoms. The minimum atomic E-state index is -1.36. The van der Waals surface area contributed by atoms with Crippen LogP contribution in [0.5, 0.6) is 0 Å². The maximum atomic E-state index is 12.4. The fraction of sp³-hybridized carbons (Fsp3) is 0.615. The second-order valence-corrected chi connectivity index (χ2v) is 7.88. The Morgan fingerprint density at radius 1 is 1.43 bits per heavy atom. The van der Waals surface area contributed by atoms with Crippen molar-refractivity contribution in [3.8, 4) is 0 Å². The maximum Gasteiger partial charge on any atom is 0.410 e. The molecular weight excluding hydrogens is 314 g/mol. The Kier molecular flexibility index (Phi) is 4.83. The third kappa shape index (κ3) is 4.38.